The summed E-state index contributed by atoms with van der Waals surface area (Å²) in [4.78, 5) is 7.25. The van der Waals surface area contributed by atoms with E-state index in [9.17, 15) is 0 Å². The normalized spacial score (nSPS) is 22.1. The molecule has 4 aliphatic carbocycles. The van der Waals surface area contributed by atoms with Crippen molar-refractivity contribution in [2.75, 3.05) is 9.80 Å². The van der Waals surface area contributed by atoms with Crippen molar-refractivity contribution in [2.24, 2.45) is 0 Å². The number of rotatable bonds is 4. The van der Waals surface area contributed by atoms with E-state index in [0.717, 1.165) is 6.54 Å². The Bertz CT molecular complexity index is 3430. The number of benzene rings is 5. The Balaban J connectivity index is 1.16. The summed E-state index contributed by atoms with van der Waals surface area (Å²) in [5.41, 5.74) is 28.3. The molecule has 4 heteroatoms. The summed E-state index contributed by atoms with van der Waals surface area (Å²) in [6, 6.07) is 33.5. The van der Waals surface area contributed by atoms with Gasteiger partial charge in [-0.3, -0.25) is 0 Å². The highest BCUT2D eigenvalue weighted by Gasteiger charge is 2.52. The number of nitrogens with zero attached hydrogens (tertiary/aromatic N) is 2. The van der Waals surface area contributed by atoms with Crippen molar-refractivity contribution < 1.29 is 0 Å². The van der Waals surface area contributed by atoms with Crippen LogP contribution in [0.2, 0.25) is 0 Å². The highest BCUT2D eigenvalue weighted by Crippen LogP contribution is 2.58. The van der Waals surface area contributed by atoms with Crippen LogP contribution in [0.1, 0.15) is 243 Å². The fourth-order valence-electron chi connectivity index (χ4n) is 15.6. The molecule has 0 unspecified atom stereocenters. The van der Waals surface area contributed by atoms with E-state index in [0.29, 0.717) is 0 Å². The third-order valence-electron chi connectivity index (χ3n) is 21.3. The Morgan fingerprint density at radius 2 is 0.987 bits per heavy atom. The van der Waals surface area contributed by atoms with E-state index in [1.807, 2.05) is 0 Å². The molecule has 0 amide bonds. The molecule has 2 aliphatic heterocycles. The molecule has 0 bridgehead atoms. The minimum atomic E-state index is 0.00733. The maximum Gasteiger partial charge on any atom is 0.264 e. The van der Waals surface area contributed by atoms with Crippen LogP contribution in [0, 0.1) is 6.92 Å². The maximum absolute atomic E-state index is 2.88. The topological polar surface area (TPSA) is 6.48 Å². The average Bonchev–Trinajstić information content (AvgIpc) is 3.78. The molecule has 0 fully saturated rings. The predicted octanol–water partition coefficient (Wildman–Crippen LogP) is 18.4. The molecule has 0 saturated heterocycles. The molecule has 2 nitrogen and oxygen atoms in total. The highest BCUT2D eigenvalue weighted by atomic mass is 32.1. The molecular weight excluding hydrogens is 936 g/mol. The zero-order valence-corrected chi connectivity index (χ0v) is 51.6. The van der Waals surface area contributed by atoms with Gasteiger partial charge < -0.3 is 9.80 Å². The van der Waals surface area contributed by atoms with Crippen molar-refractivity contribution in [1.82, 2.24) is 0 Å². The van der Waals surface area contributed by atoms with Crippen molar-refractivity contribution >= 4 is 62.2 Å². The molecule has 6 aliphatic rings. The first-order valence-corrected chi connectivity index (χ1v) is 30.5. The van der Waals surface area contributed by atoms with Gasteiger partial charge in [-0.25, -0.2) is 0 Å². The smallest absolute Gasteiger partial charge is 0.264 e. The summed E-state index contributed by atoms with van der Waals surface area (Å²) in [6.45, 7) is 50.6. The molecule has 76 heavy (non-hydrogen) atoms. The molecule has 0 radical (unpaired) electrons. The minimum absolute atomic E-state index is 0.00733. The lowest BCUT2D eigenvalue weighted by atomic mass is 9.35. The second kappa shape index (κ2) is 16.3. The lowest BCUT2D eigenvalue weighted by Gasteiger charge is -2.48. The van der Waals surface area contributed by atoms with Gasteiger partial charge in [-0.2, -0.15) is 11.3 Å². The van der Waals surface area contributed by atoms with Crippen LogP contribution in [-0.2, 0) is 55.3 Å². The van der Waals surface area contributed by atoms with E-state index in [-0.39, 0.29) is 55.4 Å². The summed E-state index contributed by atoms with van der Waals surface area (Å²) in [6.07, 6.45) is 9.60. The number of aryl methyl sites for hydroxylation is 1. The van der Waals surface area contributed by atoms with Crippen molar-refractivity contribution in [1.29, 1.82) is 0 Å². The Labute approximate surface area is 465 Å². The van der Waals surface area contributed by atoms with Gasteiger partial charge in [0.05, 0.1) is 5.69 Å². The average molecular weight is 1030 g/mol. The Kier molecular flexibility index (Phi) is 11.2. The first kappa shape index (κ1) is 52.2. The van der Waals surface area contributed by atoms with Crippen LogP contribution in [-0.4, -0.2) is 6.71 Å². The van der Waals surface area contributed by atoms with Gasteiger partial charge >= 0.3 is 0 Å². The number of anilines is 5. The second-order valence-electron chi connectivity index (χ2n) is 31.7. The van der Waals surface area contributed by atoms with Crippen LogP contribution in [0.4, 0.5) is 28.4 Å². The molecule has 12 rings (SSSR count). The van der Waals surface area contributed by atoms with Gasteiger partial charge in [-0.1, -0.05) is 180 Å². The minimum Gasteiger partial charge on any atom is -0.337 e. The summed E-state index contributed by atoms with van der Waals surface area (Å²) in [5.74, 6) is 0. The van der Waals surface area contributed by atoms with Gasteiger partial charge in [0.15, 0.2) is 0 Å². The quantitative estimate of drug-likeness (QED) is 0.162. The molecule has 6 aromatic rings. The van der Waals surface area contributed by atoms with E-state index in [2.05, 4.69) is 238 Å². The van der Waals surface area contributed by atoms with E-state index >= 15 is 0 Å². The molecule has 398 valence electrons. The van der Waals surface area contributed by atoms with Crippen LogP contribution in [0.25, 0.3) is 11.1 Å². The van der Waals surface area contributed by atoms with Crippen molar-refractivity contribution in [3.05, 3.63) is 139 Å². The van der Waals surface area contributed by atoms with Crippen LogP contribution < -0.4 is 25.5 Å². The van der Waals surface area contributed by atoms with Gasteiger partial charge in [-0.05, 0) is 215 Å². The lowest BCUT2D eigenvalue weighted by molar-refractivity contribution is 0.332. The number of fused-ring (bicyclic) bond motifs is 9. The maximum atomic E-state index is 2.88. The van der Waals surface area contributed by atoms with E-state index in [1.165, 1.54) is 146 Å². The molecule has 3 heterocycles. The third-order valence-corrected chi connectivity index (χ3v) is 22.9. The Hall–Kier alpha value is -4.54. The molecular formula is C72H91BN2S. The standard InChI is InChI=1S/C72H91BN2S/c1-43-35-57-60-58(36-43)75(47-24-26-50-52(39-47)68(11,12)30-28-66(50,7)8)56-41-54-53(69(13,14)31-32-70(54,15)16)40-55(56)73(60)63-61(59-62(76-63)72(19,20)34-33-71(59,17)18)74(57)42-45-21-23-46(64(2,3)4)38-48(45)44-22-25-49-51(37-44)67(9,10)29-27-65(49,5)6/h21-26,35-41H,27-34,42H2,1-20H3. The highest BCUT2D eigenvalue weighted by molar-refractivity contribution is 7.29. The predicted molar refractivity (Wildman–Crippen MR) is 332 cm³/mol. The zero-order valence-electron chi connectivity index (χ0n) is 50.7. The Morgan fingerprint density at radius 1 is 0.487 bits per heavy atom. The van der Waals surface area contributed by atoms with E-state index in [1.54, 1.807) is 20.8 Å². The van der Waals surface area contributed by atoms with E-state index in [4.69, 9.17) is 0 Å². The van der Waals surface area contributed by atoms with Crippen LogP contribution in [0.3, 0.4) is 0 Å². The van der Waals surface area contributed by atoms with Gasteiger partial charge in [-0.15, -0.1) is 0 Å². The first-order valence-electron chi connectivity index (χ1n) is 29.7. The molecule has 0 spiro atoms. The summed E-state index contributed by atoms with van der Waals surface area (Å²) >= 11 is 2.18. The summed E-state index contributed by atoms with van der Waals surface area (Å²) in [7, 11) is 0. The molecule has 1 aromatic heterocycles. The molecule has 0 saturated carbocycles. The number of thiophene rings is 1. The second-order valence-corrected chi connectivity index (χ2v) is 32.8. The Morgan fingerprint density at radius 3 is 1.58 bits per heavy atom. The van der Waals surface area contributed by atoms with Crippen molar-refractivity contribution in [3.8, 4) is 11.1 Å². The molecule has 0 N–H and O–H groups in total. The van der Waals surface area contributed by atoms with Gasteiger partial charge in [0.2, 0.25) is 0 Å². The molecule has 0 atom stereocenters. The first-order chi connectivity index (χ1) is 35.1. The lowest BCUT2D eigenvalue weighted by Crippen LogP contribution is -2.61. The van der Waals surface area contributed by atoms with Crippen molar-refractivity contribution in [3.63, 3.8) is 0 Å². The summed E-state index contributed by atoms with van der Waals surface area (Å²) in [5, 5.41) is 0. The third kappa shape index (κ3) is 7.79. The number of hydrogen-bond donors (Lipinski definition) is 0. The fourth-order valence-corrected chi connectivity index (χ4v) is 17.3. The largest absolute Gasteiger partial charge is 0.337 e. The van der Waals surface area contributed by atoms with Gasteiger partial charge in [0.1, 0.15) is 0 Å². The molecule has 5 aromatic carbocycles. The monoisotopic (exact) mass is 1030 g/mol. The zero-order chi connectivity index (χ0) is 54.6. The van der Waals surface area contributed by atoms with Crippen molar-refractivity contribution in [2.45, 2.75) is 245 Å². The summed E-state index contributed by atoms with van der Waals surface area (Å²) < 4.78 is 1.55. The van der Waals surface area contributed by atoms with E-state index < -0.39 is 0 Å². The van der Waals surface area contributed by atoms with Crippen LogP contribution >= 0.6 is 11.3 Å². The fraction of sp³-hybridized carbons (Fsp3) is 0.528. The van der Waals surface area contributed by atoms with Gasteiger partial charge in [0, 0.05) is 38.9 Å². The van der Waals surface area contributed by atoms with Crippen LogP contribution in [0.15, 0.2) is 78.9 Å². The van der Waals surface area contributed by atoms with Gasteiger partial charge in [0.25, 0.3) is 6.71 Å². The van der Waals surface area contributed by atoms with Crippen LogP contribution in [0.5, 0.6) is 0 Å². The SMILES string of the molecule is Cc1cc2c3c(c1)N(c1ccc4c(c1)C(C)(C)CCC4(C)C)c1cc4c(cc1B3c1sc3c(c1N2Cc1ccc(C(C)(C)C)cc1-c1ccc2c(c1)C(C)(C)CCC2(C)C)C(C)(C)CCC3(C)C)C(C)(C)CCC4(C)C. The number of hydrogen-bond acceptors (Lipinski definition) is 3.